The lowest BCUT2D eigenvalue weighted by atomic mass is 10.2. The van der Waals surface area contributed by atoms with E-state index in [2.05, 4.69) is 37.8 Å². The number of H-pyrrole nitrogens is 1. The van der Waals surface area contributed by atoms with Gasteiger partial charge in [-0.05, 0) is 65.1 Å². The maximum Gasteiger partial charge on any atom is 0.200 e. The van der Waals surface area contributed by atoms with Crippen LogP contribution in [0.1, 0.15) is 0 Å². The Morgan fingerprint density at radius 2 is 1.95 bits per heavy atom. The van der Waals surface area contributed by atoms with Crippen LogP contribution >= 0.6 is 46.4 Å². The number of halogens is 2. The van der Waals surface area contributed by atoms with Gasteiger partial charge in [0.05, 0.1) is 10.7 Å². The molecule has 1 N–H and O–H groups in total. The Bertz CT molecular complexity index is 813. The molecule has 100 valence electrons. The van der Waals surface area contributed by atoms with Gasteiger partial charge in [0, 0.05) is 21.5 Å². The highest BCUT2D eigenvalue weighted by molar-refractivity contribution is 14.1. The van der Waals surface area contributed by atoms with E-state index in [1.165, 1.54) is 0 Å². The third-order valence-electron chi connectivity index (χ3n) is 2.76. The molecule has 0 saturated carbocycles. The summed E-state index contributed by atoms with van der Waals surface area (Å²) in [6.07, 6.45) is 3.43. The molecule has 0 aliphatic heterocycles. The predicted molar refractivity (Wildman–Crippen MR) is 89.7 cm³/mol. The summed E-state index contributed by atoms with van der Waals surface area (Å²) in [6.45, 7) is 0. The smallest absolute Gasteiger partial charge is 0.200 e. The second kappa shape index (κ2) is 5.63. The van der Waals surface area contributed by atoms with Gasteiger partial charge < -0.3 is 0 Å². The summed E-state index contributed by atoms with van der Waals surface area (Å²) < 4.78 is 3.39. The standard InChI is InChI=1S/C13H8ClIN4S/c14-10-7-9(15)1-2-11(10)19-12(17-18-13(19)20)8-3-5-16-6-4-8/h1-7H,(H,18,20). The molecule has 0 radical (unpaired) electrons. The summed E-state index contributed by atoms with van der Waals surface area (Å²) >= 11 is 13.9. The largest absolute Gasteiger partial charge is 0.267 e. The molecule has 3 aromatic rings. The first-order valence-corrected chi connectivity index (χ1v) is 7.56. The highest BCUT2D eigenvalue weighted by atomic mass is 127. The Morgan fingerprint density at radius 1 is 1.20 bits per heavy atom. The van der Waals surface area contributed by atoms with E-state index in [0.29, 0.717) is 15.6 Å². The highest BCUT2D eigenvalue weighted by Crippen LogP contribution is 2.27. The summed E-state index contributed by atoms with van der Waals surface area (Å²) in [4.78, 5) is 4.01. The fourth-order valence-corrected chi connectivity index (χ4v) is 3.05. The minimum atomic E-state index is 0.500. The minimum Gasteiger partial charge on any atom is -0.267 e. The molecule has 0 fully saturated rings. The van der Waals surface area contributed by atoms with Crippen LogP contribution in [0.15, 0.2) is 42.7 Å². The SMILES string of the molecule is S=c1[nH]nc(-c2ccncc2)n1-c1ccc(I)cc1Cl. The Kier molecular flexibility index (Phi) is 3.86. The van der Waals surface area contributed by atoms with Crippen LogP contribution in [0, 0.1) is 8.34 Å². The van der Waals surface area contributed by atoms with Gasteiger partial charge in [-0.25, -0.2) is 0 Å². The molecule has 0 spiro atoms. The van der Waals surface area contributed by atoms with Gasteiger partial charge in [-0.3, -0.25) is 14.6 Å². The molecule has 0 saturated heterocycles. The van der Waals surface area contributed by atoms with Crippen LogP contribution in [0.4, 0.5) is 0 Å². The van der Waals surface area contributed by atoms with Crippen LogP contribution in [0.2, 0.25) is 5.02 Å². The van der Waals surface area contributed by atoms with Crippen molar-refractivity contribution in [3.05, 3.63) is 56.1 Å². The van der Waals surface area contributed by atoms with Crippen LogP contribution < -0.4 is 0 Å². The van der Waals surface area contributed by atoms with E-state index in [-0.39, 0.29) is 0 Å². The zero-order chi connectivity index (χ0) is 14.1. The molecular weight excluding hydrogens is 407 g/mol. The van der Waals surface area contributed by atoms with Crippen molar-refractivity contribution in [2.45, 2.75) is 0 Å². The Morgan fingerprint density at radius 3 is 2.65 bits per heavy atom. The number of hydrogen-bond donors (Lipinski definition) is 1. The number of nitrogens with one attached hydrogen (secondary N) is 1. The van der Waals surface area contributed by atoms with Crippen molar-refractivity contribution in [2.24, 2.45) is 0 Å². The molecule has 7 heteroatoms. The number of hydrogen-bond acceptors (Lipinski definition) is 3. The van der Waals surface area contributed by atoms with E-state index in [9.17, 15) is 0 Å². The second-order valence-corrected chi connectivity index (χ2v) is 6.06. The monoisotopic (exact) mass is 414 g/mol. The zero-order valence-corrected chi connectivity index (χ0v) is 13.8. The van der Waals surface area contributed by atoms with Crippen molar-refractivity contribution >= 4 is 46.4 Å². The fraction of sp³-hybridized carbons (Fsp3) is 0. The van der Waals surface area contributed by atoms with E-state index >= 15 is 0 Å². The van der Waals surface area contributed by atoms with Crippen molar-refractivity contribution in [3.63, 3.8) is 0 Å². The maximum absolute atomic E-state index is 6.33. The molecule has 2 heterocycles. The molecule has 0 unspecified atom stereocenters. The van der Waals surface area contributed by atoms with Crippen LogP contribution in [-0.2, 0) is 0 Å². The zero-order valence-electron chi connectivity index (χ0n) is 10.0. The van der Waals surface area contributed by atoms with Crippen molar-refractivity contribution in [2.75, 3.05) is 0 Å². The van der Waals surface area contributed by atoms with Gasteiger partial charge in [-0.1, -0.05) is 11.6 Å². The summed E-state index contributed by atoms with van der Waals surface area (Å²) in [5.41, 5.74) is 1.72. The molecule has 20 heavy (non-hydrogen) atoms. The van der Waals surface area contributed by atoms with E-state index in [1.54, 1.807) is 12.4 Å². The van der Waals surface area contributed by atoms with Crippen molar-refractivity contribution in [1.82, 2.24) is 19.7 Å². The van der Waals surface area contributed by atoms with Gasteiger partial charge >= 0.3 is 0 Å². The van der Waals surface area contributed by atoms with Crippen molar-refractivity contribution in [1.29, 1.82) is 0 Å². The van der Waals surface area contributed by atoms with Crippen LogP contribution in [0.25, 0.3) is 17.1 Å². The first kappa shape index (κ1) is 13.7. The lowest BCUT2D eigenvalue weighted by molar-refractivity contribution is 1.03. The number of aromatic nitrogens is 4. The lowest BCUT2D eigenvalue weighted by Crippen LogP contribution is -1.99. The normalized spacial score (nSPS) is 10.7. The van der Waals surface area contributed by atoms with Crippen molar-refractivity contribution < 1.29 is 0 Å². The van der Waals surface area contributed by atoms with E-state index in [0.717, 1.165) is 14.8 Å². The van der Waals surface area contributed by atoms with Gasteiger partial charge in [0.2, 0.25) is 0 Å². The number of pyridine rings is 1. The van der Waals surface area contributed by atoms with Crippen molar-refractivity contribution in [3.8, 4) is 17.1 Å². The average molecular weight is 415 g/mol. The Labute approximate surface area is 139 Å². The summed E-state index contributed by atoms with van der Waals surface area (Å²) in [5.74, 6) is 0.709. The maximum atomic E-state index is 6.33. The quantitative estimate of drug-likeness (QED) is 0.504. The second-order valence-electron chi connectivity index (χ2n) is 4.02. The molecule has 1 aromatic carbocycles. The van der Waals surface area contributed by atoms with E-state index in [4.69, 9.17) is 23.8 Å². The third-order valence-corrected chi connectivity index (χ3v) is 4.01. The first-order chi connectivity index (χ1) is 9.66. The Hall–Kier alpha value is -1.25. The molecule has 4 nitrogen and oxygen atoms in total. The topological polar surface area (TPSA) is 46.5 Å². The van der Waals surface area contributed by atoms with Gasteiger partial charge in [0.25, 0.3) is 0 Å². The van der Waals surface area contributed by atoms with Crippen LogP contribution in [0.5, 0.6) is 0 Å². The van der Waals surface area contributed by atoms with Gasteiger partial charge in [-0.15, -0.1) is 0 Å². The average Bonchev–Trinajstić information content (AvgIpc) is 2.82. The Balaban J connectivity index is 2.25. The summed E-state index contributed by atoms with van der Waals surface area (Å²) in [6, 6.07) is 9.56. The third kappa shape index (κ3) is 2.50. The fourth-order valence-electron chi connectivity index (χ4n) is 1.88. The van der Waals surface area contributed by atoms with Gasteiger partial charge in [0.1, 0.15) is 0 Å². The summed E-state index contributed by atoms with van der Waals surface area (Å²) in [5, 5.41) is 7.72. The predicted octanol–water partition coefficient (Wildman–Crippen LogP) is 4.25. The van der Waals surface area contributed by atoms with E-state index in [1.807, 2.05) is 34.9 Å². The minimum absolute atomic E-state index is 0.500. The molecule has 3 rings (SSSR count). The number of nitrogens with zero attached hydrogens (tertiary/aromatic N) is 3. The van der Waals surface area contributed by atoms with Crippen LogP contribution in [-0.4, -0.2) is 19.7 Å². The molecule has 0 atom stereocenters. The van der Waals surface area contributed by atoms with Crippen LogP contribution in [0.3, 0.4) is 0 Å². The molecule has 0 bridgehead atoms. The molecule has 0 amide bonds. The number of aromatic amines is 1. The summed E-state index contributed by atoms with van der Waals surface area (Å²) in [7, 11) is 0. The lowest BCUT2D eigenvalue weighted by Gasteiger charge is -2.09. The van der Waals surface area contributed by atoms with Gasteiger partial charge in [-0.2, -0.15) is 5.10 Å². The molecule has 2 aromatic heterocycles. The highest BCUT2D eigenvalue weighted by Gasteiger charge is 2.13. The molecule has 0 aliphatic rings. The number of benzene rings is 1. The van der Waals surface area contributed by atoms with Gasteiger partial charge in [0.15, 0.2) is 10.6 Å². The van der Waals surface area contributed by atoms with E-state index < -0.39 is 0 Å². The molecular formula is C13H8ClIN4S. The number of rotatable bonds is 2. The first-order valence-electron chi connectivity index (χ1n) is 5.70. The molecule has 0 aliphatic carbocycles.